The quantitative estimate of drug-likeness (QED) is 0.550. The average molecular weight is 239 g/mol. The number of hydrogen-bond acceptors (Lipinski definition) is 4. The lowest BCUT2D eigenvalue weighted by molar-refractivity contribution is -0.146. The minimum Gasteiger partial charge on any atom is -0.479 e. The predicted molar refractivity (Wildman–Crippen MR) is 54.9 cm³/mol. The van der Waals surface area contributed by atoms with Crippen LogP contribution < -0.4 is 4.72 Å². The lowest BCUT2D eigenvalue weighted by atomic mass is 10.2. The van der Waals surface area contributed by atoms with Gasteiger partial charge in [0.15, 0.2) is 6.10 Å². The average Bonchev–Trinajstić information content (AvgIpc) is 2.11. The Labute approximate surface area is 89.4 Å². The van der Waals surface area contributed by atoms with Gasteiger partial charge < -0.3 is 10.2 Å². The molecule has 6 nitrogen and oxygen atoms in total. The number of hydrogen-bond donors (Lipinski definition) is 3. The molecule has 0 heterocycles. The SMILES string of the molecule is CC(C)CCS(=O)(=O)NC[C@H](O)C(=O)O. The first-order chi connectivity index (χ1) is 6.74. The normalized spacial score (nSPS) is 14.1. The number of aliphatic hydroxyl groups is 1. The molecule has 0 bridgehead atoms. The zero-order valence-corrected chi connectivity index (χ0v) is 9.62. The van der Waals surface area contributed by atoms with Crippen LogP contribution in [0.2, 0.25) is 0 Å². The summed E-state index contributed by atoms with van der Waals surface area (Å²) >= 11 is 0. The fraction of sp³-hybridized carbons (Fsp3) is 0.875. The highest BCUT2D eigenvalue weighted by Gasteiger charge is 2.17. The highest BCUT2D eigenvalue weighted by Crippen LogP contribution is 2.01. The summed E-state index contributed by atoms with van der Waals surface area (Å²) in [5.41, 5.74) is 0. The van der Waals surface area contributed by atoms with Gasteiger partial charge in [0.25, 0.3) is 0 Å². The van der Waals surface area contributed by atoms with Crippen molar-refractivity contribution in [3.63, 3.8) is 0 Å². The summed E-state index contributed by atoms with van der Waals surface area (Å²) in [6.45, 7) is 3.29. The Balaban J connectivity index is 4.00. The van der Waals surface area contributed by atoms with Crippen molar-refractivity contribution in [2.45, 2.75) is 26.4 Å². The molecule has 0 aliphatic heterocycles. The highest BCUT2D eigenvalue weighted by molar-refractivity contribution is 7.89. The van der Waals surface area contributed by atoms with E-state index >= 15 is 0 Å². The number of sulfonamides is 1. The van der Waals surface area contributed by atoms with E-state index in [4.69, 9.17) is 10.2 Å². The monoisotopic (exact) mass is 239 g/mol. The summed E-state index contributed by atoms with van der Waals surface area (Å²) in [7, 11) is -3.48. The van der Waals surface area contributed by atoms with Crippen LogP contribution in [0, 0.1) is 5.92 Å². The van der Waals surface area contributed by atoms with Gasteiger partial charge in [-0.2, -0.15) is 0 Å². The summed E-state index contributed by atoms with van der Waals surface area (Å²) in [6, 6.07) is 0. The standard InChI is InChI=1S/C8H17NO5S/c1-6(2)3-4-15(13,14)9-5-7(10)8(11)12/h6-7,9-10H,3-5H2,1-2H3,(H,11,12)/t7-/m0/s1. The van der Waals surface area contributed by atoms with Gasteiger partial charge in [-0.25, -0.2) is 17.9 Å². The van der Waals surface area contributed by atoms with Crippen molar-refractivity contribution >= 4 is 16.0 Å². The number of carbonyl (C=O) groups is 1. The fourth-order valence-corrected chi connectivity index (χ4v) is 2.09. The summed E-state index contributed by atoms with van der Waals surface area (Å²) in [5, 5.41) is 17.2. The summed E-state index contributed by atoms with van der Waals surface area (Å²) < 4.78 is 24.5. The van der Waals surface area contributed by atoms with Crippen LogP contribution in [0.15, 0.2) is 0 Å². The third-order valence-electron chi connectivity index (χ3n) is 1.75. The van der Waals surface area contributed by atoms with Gasteiger partial charge >= 0.3 is 5.97 Å². The van der Waals surface area contributed by atoms with Crippen molar-refractivity contribution in [1.82, 2.24) is 4.72 Å². The third kappa shape index (κ3) is 7.29. The molecular formula is C8H17NO5S. The van der Waals surface area contributed by atoms with Crippen LogP contribution in [0.3, 0.4) is 0 Å². The minimum absolute atomic E-state index is 0.0585. The lowest BCUT2D eigenvalue weighted by Crippen LogP contribution is -2.37. The van der Waals surface area contributed by atoms with E-state index in [0.717, 1.165) is 0 Å². The molecule has 0 aliphatic rings. The smallest absolute Gasteiger partial charge is 0.333 e. The van der Waals surface area contributed by atoms with Crippen LogP contribution in [0.4, 0.5) is 0 Å². The Morgan fingerprint density at radius 2 is 1.93 bits per heavy atom. The van der Waals surface area contributed by atoms with E-state index in [9.17, 15) is 13.2 Å². The van der Waals surface area contributed by atoms with Gasteiger partial charge in [-0.05, 0) is 12.3 Å². The van der Waals surface area contributed by atoms with E-state index in [-0.39, 0.29) is 11.7 Å². The van der Waals surface area contributed by atoms with Gasteiger partial charge in [0.1, 0.15) is 0 Å². The van der Waals surface area contributed by atoms with Crippen LogP contribution in [-0.4, -0.2) is 43.0 Å². The topological polar surface area (TPSA) is 104 Å². The maximum atomic E-state index is 11.2. The third-order valence-corrected chi connectivity index (χ3v) is 3.13. The molecular weight excluding hydrogens is 222 g/mol. The van der Waals surface area contributed by atoms with E-state index in [2.05, 4.69) is 0 Å². The molecule has 7 heteroatoms. The summed E-state index contributed by atoms with van der Waals surface area (Å²) in [6.07, 6.45) is -1.20. The van der Waals surface area contributed by atoms with E-state index in [1.165, 1.54) is 0 Å². The van der Waals surface area contributed by atoms with Gasteiger partial charge in [0.05, 0.1) is 5.75 Å². The number of carboxylic acid groups (broad SMARTS) is 1. The number of aliphatic carboxylic acids is 1. The van der Waals surface area contributed by atoms with Gasteiger partial charge in [0, 0.05) is 6.54 Å². The van der Waals surface area contributed by atoms with Gasteiger partial charge in [0.2, 0.25) is 10.0 Å². The van der Waals surface area contributed by atoms with Gasteiger partial charge in [-0.15, -0.1) is 0 Å². The molecule has 0 radical (unpaired) electrons. The molecule has 0 aromatic heterocycles. The summed E-state index contributed by atoms with van der Waals surface area (Å²) in [4.78, 5) is 10.2. The van der Waals surface area contributed by atoms with Crippen LogP contribution in [0.25, 0.3) is 0 Å². The molecule has 1 atom stereocenters. The predicted octanol–water partition coefficient (Wildman–Crippen LogP) is -0.603. The van der Waals surface area contributed by atoms with Crippen molar-refractivity contribution in [1.29, 1.82) is 0 Å². The van der Waals surface area contributed by atoms with Crippen molar-refractivity contribution < 1.29 is 23.4 Å². The maximum Gasteiger partial charge on any atom is 0.333 e. The minimum atomic E-state index is -3.48. The van der Waals surface area contributed by atoms with E-state index in [1.54, 1.807) is 0 Å². The van der Waals surface area contributed by atoms with Crippen LogP contribution >= 0.6 is 0 Å². The second kappa shape index (κ2) is 6.04. The molecule has 15 heavy (non-hydrogen) atoms. The molecule has 0 spiro atoms. The Hall–Kier alpha value is -0.660. The highest BCUT2D eigenvalue weighted by atomic mass is 32.2. The second-order valence-electron chi connectivity index (χ2n) is 3.70. The Kier molecular flexibility index (Phi) is 5.77. The zero-order valence-electron chi connectivity index (χ0n) is 8.80. The number of nitrogens with one attached hydrogen (secondary N) is 1. The fourth-order valence-electron chi connectivity index (χ4n) is 0.756. The molecule has 0 aromatic carbocycles. The number of carboxylic acids is 1. The lowest BCUT2D eigenvalue weighted by Gasteiger charge is -2.09. The van der Waals surface area contributed by atoms with Crippen LogP contribution in [-0.2, 0) is 14.8 Å². The maximum absolute atomic E-state index is 11.2. The molecule has 3 N–H and O–H groups in total. The van der Waals surface area contributed by atoms with E-state index in [0.29, 0.717) is 6.42 Å². The Bertz CT molecular complexity index is 298. The van der Waals surface area contributed by atoms with Crippen molar-refractivity contribution in [3.05, 3.63) is 0 Å². The first kappa shape index (κ1) is 14.3. The second-order valence-corrected chi connectivity index (χ2v) is 5.63. The van der Waals surface area contributed by atoms with E-state index in [1.807, 2.05) is 18.6 Å². The molecule has 0 saturated heterocycles. The molecule has 0 saturated carbocycles. The van der Waals surface area contributed by atoms with Crippen molar-refractivity contribution in [2.75, 3.05) is 12.3 Å². The largest absolute Gasteiger partial charge is 0.479 e. The molecule has 0 fully saturated rings. The molecule has 0 aliphatic carbocycles. The zero-order chi connectivity index (χ0) is 12.1. The Morgan fingerprint density at radius 1 is 1.40 bits per heavy atom. The molecule has 0 rings (SSSR count). The molecule has 90 valence electrons. The van der Waals surface area contributed by atoms with Crippen LogP contribution in [0.1, 0.15) is 20.3 Å². The number of aliphatic hydroxyl groups excluding tert-OH is 1. The molecule has 0 amide bonds. The molecule has 0 unspecified atom stereocenters. The van der Waals surface area contributed by atoms with Crippen LogP contribution in [0.5, 0.6) is 0 Å². The van der Waals surface area contributed by atoms with Crippen molar-refractivity contribution in [2.24, 2.45) is 5.92 Å². The number of rotatable bonds is 7. The van der Waals surface area contributed by atoms with Gasteiger partial charge in [-0.1, -0.05) is 13.8 Å². The van der Waals surface area contributed by atoms with Gasteiger partial charge in [-0.3, -0.25) is 0 Å². The first-order valence-corrected chi connectivity index (χ1v) is 6.28. The molecule has 0 aromatic rings. The Morgan fingerprint density at radius 3 is 2.33 bits per heavy atom. The van der Waals surface area contributed by atoms with E-state index < -0.39 is 28.6 Å². The van der Waals surface area contributed by atoms with Crippen molar-refractivity contribution in [3.8, 4) is 0 Å². The first-order valence-electron chi connectivity index (χ1n) is 4.63. The summed E-state index contributed by atoms with van der Waals surface area (Å²) in [5.74, 6) is -1.25.